The SMILES string of the molecule is O=C(NC1(CBr)CCCC1)c1ccc2c(c1)CCO2. The molecule has 1 amide bonds. The third-order valence-corrected chi connectivity index (χ3v) is 5.22. The van der Waals surface area contributed by atoms with Crippen LogP contribution >= 0.6 is 15.9 Å². The summed E-state index contributed by atoms with van der Waals surface area (Å²) in [7, 11) is 0. The van der Waals surface area contributed by atoms with Gasteiger partial charge in [-0.15, -0.1) is 0 Å². The van der Waals surface area contributed by atoms with Crippen LogP contribution in [0.15, 0.2) is 18.2 Å². The van der Waals surface area contributed by atoms with Gasteiger partial charge in [0.2, 0.25) is 0 Å². The third kappa shape index (κ3) is 2.50. The molecule has 1 aliphatic heterocycles. The Labute approximate surface area is 121 Å². The van der Waals surface area contributed by atoms with E-state index in [-0.39, 0.29) is 11.4 Å². The molecule has 1 aromatic carbocycles. The summed E-state index contributed by atoms with van der Waals surface area (Å²) in [4.78, 5) is 12.4. The van der Waals surface area contributed by atoms with Crippen LogP contribution in [0.1, 0.15) is 41.6 Å². The lowest BCUT2D eigenvalue weighted by Gasteiger charge is -2.28. The van der Waals surface area contributed by atoms with Gasteiger partial charge in [0.1, 0.15) is 5.75 Å². The second-order valence-corrected chi connectivity index (χ2v) is 6.06. The van der Waals surface area contributed by atoms with Crippen molar-refractivity contribution in [3.8, 4) is 5.75 Å². The van der Waals surface area contributed by atoms with E-state index in [1.165, 1.54) is 12.8 Å². The second kappa shape index (κ2) is 5.16. The van der Waals surface area contributed by atoms with Crippen LogP contribution in [-0.2, 0) is 6.42 Å². The lowest BCUT2D eigenvalue weighted by molar-refractivity contribution is 0.0910. The van der Waals surface area contributed by atoms with E-state index in [1.54, 1.807) is 0 Å². The molecule has 3 rings (SSSR count). The summed E-state index contributed by atoms with van der Waals surface area (Å²) in [6.45, 7) is 0.728. The average molecular weight is 324 g/mol. The molecule has 0 saturated heterocycles. The molecule has 0 atom stereocenters. The van der Waals surface area contributed by atoms with Crippen LogP contribution in [0.3, 0.4) is 0 Å². The predicted molar refractivity (Wildman–Crippen MR) is 78.1 cm³/mol. The van der Waals surface area contributed by atoms with E-state index in [2.05, 4.69) is 21.2 Å². The van der Waals surface area contributed by atoms with Crippen molar-refractivity contribution in [2.24, 2.45) is 0 Å². The van der Waals surface area contributed by atoms with Gasteiger partial charge in [-0.25, -0.2) is 0 Å². The maximum atomic E-state index is 12.4. The largest absolute Gasteiger partial charge is 0.493 e. The highest BCUT2D eigenvalue weighted by Crippen LogP contribution is 2.32. The van der Waals surface area contributed by atoms with Gasteiger partial charge in [-0.3, -0.25) is 4.79 Å². The lowest BCUT2D eigenvalue weighted by Crippen LogP contribution is -2.47. The van der Waals surface area contributed by atoms with Crippen LogP contribution in [-0.4, -0.2) is 23.4 Å². The highest BCUT2D eigenvalue weighted by Gasteiger charge is 2.34. The van der Waals surface area contributed by atoms with Crippen LogP contribution in [0.25, 0.3) is 0 Å². The van der Waals surface area contributed by atoms with Gasteiger partial charge in [0, 0.05) is 17.3 Å². The Bertz CT molecular complexity index is 495. The van der Waals surface area contributed by atoms with Crippen molar-refractivity contribution >= 4 is 21.8 Å². The minimum absolute atomic E-state index is 0.0380. The smallest absolute Gasteiger partial charge is 0.251 e. The number of benzene rings is 1. The molecule has 3 nitrogen and oxygen atoms in total. The van der Waals surface area contributed by atoms with Gasteiger partial charge < -0.3 is 10.1 Å². The van der Waals surface area contributed by atoms with Crippen molar-refractivity contribution in [2.45, 2.75) is 37.6 Å². The number of alkyl halides is 1. The summed E-state index contributed by atoms with van der Waals surface area (Å²) < 4.78 is 5.47. The molecule has 1 aromatic rings. The molecule has 19 heavy (non-hydrogen) atoms. The molecule has 1 fully saturated rings. The Hall–Kier alpha value is -1.03. The summed E-state index contributed by atoms with van der Waals surface area (Å²) in [6.07, 6.45) is 5.43. The number of halogens is 1. The van der Waals surface area contributed by atoms with Crippen LogP contribution in [0.4, 0.5) is 0 Å². The molecule has 1 N–H and O–H groups in total. The van der Waals surface area contributed by atoms with Gasteiger partial charge in [-0.05, 0) is 36.6 Å². The molecule has 1 aliphatic carbocycles. The van der Waals surface area contributed by atoms with Gasteiger partial charge in [-0.1, -0.05) is 28.8 Å². The molecule has 1 heterocycles. The summed E-state index contributed by atoms with van der Waals surface area (Å²) in [5.41, 5.74) is 1.84. The van der Waals surface area contributed by atoms with Crippen LogP contribution < -0.4 is 10.1 Å². The molecule has 1 saturated carbocycles. The monoisotopic (exact) mass is 323 g/mol. The first-order valence-corrected chi connectivity index (χ1v) is 7.99. The molecule has 4 heteroatoms. The Kier molecular flexibility index (Phi) is 3.52. The van der Waals surface area contributed by atoms with Crippen LogP contribution in [0.2, 0.25) is 0 Å². The number of hydrogen-bond acceptors (Lipinski definition) is 2. The fourth-order valence-corrected chi connectivity index (χ4v) is 3.69. The first kappa shape index (κ1) is 13.0. The normalized spacial score (nSPS) is 19.8. The van der Waals surface area contributed by atoms with Crippen LogP contribution in [0.5, 0.6) is 5.75 Å². The average Bonchev–Trinajstić information content (AvgIpc) is 3.06. The van der Waals surface area contributed by atoms with Crippen molar-refractivity contribution in [1.82, 2.24) is 5.32 Å². The van der Waals surface area contributed by atoms with E-state index in [0.717, 1.165) is 48.1 Å². The van der Waals surface area contributed by atoms with Crippen LogP contribution in [0, 0.1) is 0 Å². The zero-order valence-corrected chi connectivity index (χ0v) is 12.5. The topological polar surface area (TPSA) is 38.3 Å². The summed E-state index contributed by atoms with van der Waals surface area (Å²) in [5, 5.41) is 4.06. The molecule has 0 spiro atoms. The predicted octanol–water partition coefficient (Wildman–Crippen LogP) is 3.06. The second-order valence-electron chi connectivity index (χ2n) is 5.50. The Balaban J connectivity index is 1.77. The molecule has 0 unspecified atom stereocenters. The summed E-state index contributed by atoms with van der Waals surface area (Å²) >= 11 is 3.55. The highest BCUT2D eigenvalue weighted by molar-refractivity contribution is 9.09. The Morgan fingerprint density at radius 1 is 1.37 bits per heavy atom. The van der Waals surface area contributed by atoms with E-state index in [4.69, 9.17) is 4.74 Å². The van der Waals surface area contributed by atoms with Gasteiger partial charge in [0.05, 0.1) is 12.1 Å². The van der Waals surface area contributed by atoms with E-state index >= 15 is 0 Å². The maximum absolute atomic E-state index is 12.4. The third-order valence-electron chi connectivity index (χ3n) is 4.15. The highest BCUT2D eigenvalue weighted by atomic mass is 79.9. The molecule has 0 aromatic heterocycles. The first-order valence-electron chi connectivity index (χ1n) is 6.87. The number of rotatable bonds is 3. The molecule has 0 radical (unpaired) electrons. The van der Waals surface area contributed by atoms with Crippen molar-refractivity contribution in [2.75, 3.05) is 11.9 Å². The first-order chi connectivity index (χ1) is 9.22. The number of hydrogen-bond donors (Lipinski definition) is 1. The van der Waals surface area contributed by atoms with Crippen molar-refractivity contribution < 1.29 is 9.53 Å². The minimum atomic E-state index is -0.0490. The zero-order chi connectivity index (χ0) is 13.3. The minimum Gasteiger partial charge on any atom is -0.493 e. The number of carbonyl (C=O) groups excluding carboxylic acids is 1. The number of ether oxygens (including phenoxy) is 1. The zero-order valence-electron chi connectivity index (χ0n) is 10.9. The van der Waals surface area contributed by atoms with Crippen molar-refractivity contribution in [3.63, 3.8) is 0 Å². The Morgan fingerprint density at radius 3 is 2.89 bits per heavy atom. The van der Waals surface area contributed by atoms with Gasteiger partial charge in [-0.2, -0.15) is 0 Å². The quantitative estimate of drug-likeness (QED) is 0.868. The fourth-order valence-electron chi connectivity index (χ4n) is 2.98. The molecule has 2 aliphatic rings. The molecule has 0 bridgehead atoms. The van der Waals surface area contributed by atoms with E-state index in [1.807, 2.05) is 18.2 Å². The van der Waals surface area contributed by atoms with E-state index in [0.29, 0.717) is 0 Å². The number of amides is 1. The summed E-state index contributed by atoms with van der Waals surface area (Å²) in [6, 6.07) is 5.73. The molecular weight excluding hydrogens is 306 g/mol. The molecular formula is C15H18BrNO2. The van der Waals surface area contributed by atoms with Gasteiger partial charge in [0.25, 0.3) is 5.91 Å². The van der Waals surface area contributed by atoms with Gasteiger partial charge >= 0.3 is 0 Å². The Morgan fingerprint density at radius 2 is 2.16 bits per heavy atom. The van der Waals surface area contributed by atoms with E-state index < -0.39 is 0 Å². The van der Waals surface area contributed by atoms with Gasteiger partial charge in [0.15, 0.2) is 0 Å². The maximum Gasteiger partial charge on any atom is 0.251 e. The fraction of sp³-hybridized carbons (Fsp3) is 0.533. The number of nitrogens with one attached hydrogen (secondary N) is 1. The summed E-state index contributed by atoms with van der Waals surface area (Å²) in [5.74, 6) is 0.962. The standard InChI is InChI=1S/C15H18BrNO2/c16-10-15(6-1-2-7-15)17-14(18)12-3-4-13-11(9-12)5-8-19-13/h3-4,9H,1-2,5-8,10H2,(H,17,18). The van der Waals surface area contributed by atoms with E-state index in [9.17, 15) is 4.79 Å². The molecule has 102 valence electrons. The van der Waals surface area contributed by atoms with Crippen molar-refractivity contribution in [3.05, 3.63) is 29.3 Å². The number of fused-ring (bicyclic) bond motifs is 1. The lowest BCUT2D eigenvalue weighted by atomic mass is 9.99. The number of carbonyl (C=O) groups is 1. The van der Waals surface area contributed by atoms with Crippen molar-refractivity contribution in [1.29, 1.82) is 0 Å².